The topological polar surface area (TPSA) is 17.1 Å². The van der Waals surface area contributed by atoms with Gasteiger partial charge in [-0.2, -0.15) is 0 Å². The van der Waals surface area contributed by atoms with Gasteiger partial charge in [-0.3, -0.25) is 4.21 Å². The van der Waals surface area contributed by atoms with Gasteiger partial charge in [0, 0.05) is 22.3 Å². The Balaban J connectivity index is 2.46. The molecule has 0 aliphatic rings. The summed E-state index contributed by atoms with van der Waals surface area (Å²) in [4.78, 5) is 0. The summed E-state index contributed by atoms with van der Waals surface area (Å²) in [5, 5.41) is 0. The lowest BCUT2D eigenvalue weighted by Gasteiger charge is -1.99. The maximum absolute atomic E-state index is 12.5. The number of hydrogen-bond acceptors (Lipinski definition) is 1. The molecular formula is C10H13FOS. The smallest absolute Gasteiger partial charge is 0.123 e. The van der Waals surface area contributed by atoms with Crippen molar-refractivity contribution in [2.24, 2.45) is 0 Å². The van der Waals surface area contributed by atoms with Crippen molar-refractivity contribution >= 4 is 10.8 Å². The molecule has 0 heterocycles. The third-order valence-electron chi connectivity index (χ3n) is 1.85. The molecule has 0 aliphatic carbocycles. The molecule has 0 aliphatic heterocycles. The number of hydrogen-bond donors (Lipinski definition) is 0. The Morgan fingerprint density at radius 3 is 2.46 bits per heavy atom. The summed E-state index contributed by atoms with van der Waals surface area (Å²) in [5.74, 6) is 1.14. The van der Waals surface area contributed by atoms with Crippen LogP contribution in [-0.4, -0.2) is 15.7 Å². The van der Waals surface area contributed by atoms with Gasteiger partial charge in [-0.1, -0.05) is 19.1 Å². The van der Waals surface area contributed by atoms with Gasteiger partial charge in [-0.15, -0.1) is 0 Å². The number of halogens is 1. The molecule has 1 aromatic rings. The summed E-state index contributed by atoms with van der Waals surface area (Å²) in [5.41, 5.74) is 1.04. The Kier molecular flexibility index (Phi) is 4.09. The lowest BCUT2D eigenvalue weighted by Crippen LogP contribution is -2.02. The van der Waals surface area contributed by atoms with Crippen LogP contribution >= 0.6 is 0 Å². The van der Waals surface area contributed by atoms with E-state index in [0.717, 1.165) is 12.0 Å². The molecular weight excluding hydrogens is 187 g/mol. The standard InChI is InChI=1S/C10H13FOS/c1-2-13(12)8-7-9-3-5-10(11)6-4-9/h3-6H,2,7-8H2,1H3. The van der Waals surface area contributed by atoms with Gasteiger partial charge in [0.25, 0.3) is 0 Å². The van der Waals surface area contributed by atoms with Gasteiger partial charge in [0.2, 0.25) is 0 Å². The maximum Gasteiger partial charge on any atom is 0.123 e. The molecule has 0 aromatic heterocycles. The fourth-order valence-electron chi connectivity index (χ4n) is 1.03. The predicted molar refractivity (Wildman–Crippen MR) is 53.7 cm³/mol. The van der Waals surface area contributed by atoms with Gasteiger partial charge in [0.15, 0.2) is 0 Å². The molecule has 1 aromatic carbocycles. The van der Waals surface area contributed by atoms with Crippen LogP contribution in [0.2, 0.25) is 0 Å². The minimum Gasteiger partial charge on any atom is -0.260 e. The molecule has 1 unspecified atom stereocenters. The Hall–Kier alpha value is -0.700. The van der Waals surface area contributed by atoms with Crippen molar-refractivity contribution in [2.45, 2.75) is 13.3 Å². The van der Waals surface area contributed by atoms with Crippen LogP contribution in [0.5, 0.6) is 0 Å². The van der Waals surface area contributed by atoms with E-state index in [2.05, 4.69) is 0 Å². The Labute approximate surface area is 80.4 Å². The molecule has 0 fully saturated rings. The van der Waals surface area contributed by atoms with Crippen LogP contribution in [0.3, 0.4) is 0 Å². The molecule has 0 saturated heterocycles. The predicted octanol–water partition coefficient (Wildman–Crippen LogP) is 2.14. The van der Waals surface area contributed by atoms with E-state index in [1.807, 2.05) is 6.92 Å². The van der Waals surface area contributed by atoms with E-state index in [0.29, 0.717) is 11.5 Å². The van der Waals surface area contributed by atoms with Gasteiger partial charge < -0.3 is 0 Å². The monoisotopic (exact) mass is 200 g/mol. The molecule has 1 atom stereocenters. The molecule has 72 valence electrons. The number of rotatable bonds is 4. The van der Waals surface area contributed by atoms with Crippen LogP contribution in [0, 0.1) is 5.82 Å². The molecule has 1 nitrogen and oxygen atoms in total. The highest BCUT2D eigenvalue weighted by Gasteiger charge is 1.98. The molecule has 3 heteroatoms. The zero-order chi connectivity index (χ0) is 9.68. The van der Waals surface area contributed by atoms with Gasteiger partial charge >= 0.3 is 0 Å². The normalized spacial score (nSPS) is 12.8. The third-order valence-corrected chi connectivity index (χ3v) is 3.16. The molecule has 13 heavy (non-hydrogen) atoms. The highest BCUT2D eigenvalue weighted by atomic mass is 32.2. The average molecular weight is 200 g/mol. The van der Waals surface area contributed by atoms with Crippen LogP contribution in [-0.2, 0) is 17.2 Å². The van der Waals surface area contributed by atoms with Crippen molar-refractivity contribution < 1.29 is 8.60 Å². The minimum absolute atomic E-state index is 0.222. The van der Waals surface area contributed by atoms with E-state index in [-0.39, 0.29) is 5.82 Å². The molecule has 0 radical (unpaired) electrons. The number of aryl methyl sites for hydroxylation is 1. The second kappa shape index (κ2) is 5.12. The van der Waals surface area contributed by atoms with Crippen LogP contribution in [0.25, 0.3) is 0 Å². The van der Waals surface area contributed by atoms with E-state index in [1.54, 1.807) is 12.1 Å². The Morgan fingerprint density at radius 1 is 1.31 bits per heavy atom. The van der Waals surface area contributed by atoms with Crippen molar-refractivity contribution in [3.63, 3.8) is 0 Å². The van der Waals surface area contributed by atoms with Gasteiger partial charge in [-0.05, 0) is 24.1 Å². The van der Waals surface area contributed by atoms with Crippen LogP contribution in [0.15, 0.2) is 24.3 Å². The lowest BCUT2D eigenvalue weighted by molar-refractivity contribution is 0.627. The first-order valence-electron chi connectivity index (χ1n) is 4.32. The summed E-state index contributed by atoms with van der Waals surface area (Å²) < 4.78 is 23.6. The SMILES string of the molecule is CCS(=O)CCc1ccc(F)cc1. The van der Waals surface area contributed by atoms with Gasteiger partial charge in [0.1, 0.15) is 5.82 Å². The average Bonchev–Trinajstić information content (AvgIpc) is 2.16. The van der Waals surface area contributed by atoms with Crippen molar-refractivity contribution in [1.29, 1.82) is 0 Å². The third kappa shape index (κ3) is 3.68. The summed E-state index contributed by atoms with van der Waals surface area (Å²) in [6.45, 7) is 1.90. The first-order valence-corrected chi connectivity index (χ1v) is 5.80. The van der Waals surface area contributed by atoms with Crippen LogP contribution in [0.1, 0.15) is 12.5 Å². The van der Waals surface area contributed by atoms with E-state index >= 15 is 0 Å². The summed E-state index contributed by atoms with van der Waals surface area (Å²) in [6.07, 6.45) is 0.765. The van der Waals surface area contributed by atoms with Gasteiger partial charge in [0.05, 0.1) is 0 Å². The van der Waals surface area contributed by atoms with E-state index in [1.165, 1.54) is 12.1 Å². The van der Waals surface area contributed by atoms with Crippen molar-refractivity contribution in [2.75, 3.05) is 11.5 Å². The van der Waals surface area contributed by atoms with E-state index in [4.69, 9.17) is 0 Å². The number of benzene rings is 1. The molecule has 1 rings (SSSR count). The quantitative estimate of drug-likeness (QED) is 0.727. The first-order chi connectivity index (χ1) is 6.22. The van der Waals surface area contributed by atoms with Crippen LogP contribution in [0.4, 0.5) is 4.39 Å². The highest BCUT2D eigenvalue weighted by Crippen LogP contribution is 2.04. The molecule has 0 bridgehead atoms. The lowest BCUT2D eigenvalue weighted by atomic mass is 10.2. The Morgan fingerprint density at radius 2 is 1.92 bits per heavy atom. The van der Waals surface area contributed by atoms with E-state index in [9.17, 15) is 8.60 Å². The summed E-state index contributed by atoms with van der Waals surface area (Å²) >= 11 is 0. The zero-order valence-corrected chi connectivity index (χ0v) is 8.44. The summed E-state index contributed by atoms with van der Waals surface area (Å²) in [6, 6.07) is 6.35. The second-order valence-corrected chi connectivity index (χ2v) is 4.67. The molecule has 0 spiro atoms. The summed E-state index contributed by atoms with van der Waals surface area (Å²) in [7, 11) is -0.727. The fourth-order valence-corrected chi connectivity index (χ4v) is 1.78. The highest BCUT2D eigenvalue weighted by molar-refractivity contribution is 7.84. The largest absolute Gasteiger partial charge is 0.260 e. The molecule has 0 amide bonds. The molecule has 0 N–H and O–H groups in total. The van der Waals surface area contributed by atoms with Crippen molar-refractivity contribution in [3.8, 4) is 0 Å². The second-order valence-electron chi connectivity index (χ2n) is 2.81. The van der Waals surface area contributed by atoms with Crippen LogP contribution < -0.4 is 0 Å². The zero-order valence-electron chi connectivity index (χ0n) is 7.63. The minimum atomic E-state index is -0.727. The Bertz CT molecular complexity index is 281. The van der Waals surface area contributed by atoms with Crippen molar-refractivity contribution in [3.05, 3.63) is 35.6 Å². The van der Waals surface area contributed by atoms with Crippen molar-refractivity contribution in [1.82, 2.24) is 0 Å². The fraction of sp³-hybridized carbons (Fsp3) is 0.400. The van der Waals surface area contributed by atoms with Gasteiger partial charge in [-0.25, -0.2) is 4.39 Å². The first kappa shape index (κ1) is 10.4. The van der Waals surface area contributed by atoms with E-state index < -0.39 is 10.8 Å². The maximum atomic E-state index is 12.5. The molecule has 0 saturated carbocycles.